The van der Waals surface area contributed by atoms with Gasteiger partial charge < -0.3 is 20.1 Å². The molecule has 196 valence electrons. The second-order valence-corrected chi connectivity index (χ2v) is 8.04. The third kappa shape index (κ3) is 6.90. The van der Waals surface area contributed by atoms with E-state index in [1.54, 1.807) is 19.2 Å². The van der Waals surface area contributed by atoms with Crippen LogP contribution in [0.25, 0.3) is 0 Å². The van der Waals surface area contributed by atoms with Crippen molar-refractivity contribution in [1.29, 1.82) is 0 Å². The molecule has 0 aliphatic heterocycles. The zero-order chi connectivity index (χ0) is 27.1. The number of nitrogens with one attached hydrogen (secondary N) is 2. The molecule has 15 heteroatoms. The third-order valence-electron chi connectivity index (χ3n) is 4.71. The molecule has 11 nitrogen and oxygen atoms in total. The SMILES string of the molecule is CNCC(=O)OCc1cccnc1N(C)C(=O)OCn1nc(C(=O)Nc2ccc(F)cc2F)c(Cl)c1Cl. The van der Waals surface area contributed by atoms with Crippen molar-refractivity contribution in [3.8, 4) is 0 Å². The minimum atomic E-state index is -1.00. The monoisotopic (exact) mass is 556 g/mol. The maximum atomic E-state index is 13.9. The molecule has 2 N–H and O–H groups in total. The molecular weight excluding hydrogens is 537 g/mol. The van der Waals surface area contributed by atoms with Crippen molar-refractivity contribution >= 4 is 52.7 Å². The number of carbonyl (C=O) groups is 3. The van der Waals surface area contributed by atoms with E-state index in [1.165, 1.54) is 13.2 Å². The molecule has 0 aliphatic carbocycles. The Hall–Kier alpha value is -3.81. The van der Waals surface area contributed by atoms with Crippen LogP contribution in [-0.2, 0) is 27.6 Å². The highest BCUT2D eigenvalue weighted by Gasteiger charge is 2.24. The Morgan fingerprint density at radius 1 is 1.16 bits per heavy atom. The molecule has 0 aliphatic rings. The molecule has 3 aromatic rings. The Bertz CT molecular complexity index is 1320. The van der Waals surface area contributed by atoms with Gasteiger partial charge in [-0.1, -0.05) is 29.3 Å². The number of rotatable bonds is 9. The summed E-state index contributed by atoms with van der Waals surface area (Å²) in [5.74, 6) is -3.06. The quantitative estimate of drug-likeness (QED) is 0.382. The molecule has 0 radical (unpaired) electrons. The molecule has 0 fully saturated rings. The van der Waals surface area contributed by atoms with Gasteiger partial charge in [0.15, 0.2) is 12.4 Å². The van der Waals surface area contributed by atoms with Crippen LogP contribution in [0.4, 0.5) is 25.1 Å². The first kappa shape index (κ1) is 27.8. The Morgan fingerprint density at radius 2 is 1.92 bits per heavy atom. The summed E-state index contributed by atoms with van der Waals surface area (Å²) in [7, 11) is 2.98. The Balaban J connectivity index is 1.67. The smallest absolute Gasteiger partial charge is 0.417 e. The average Bonchev–Trinajstić information content (AvgIpc) is 3.16. The number of hydrogen-bond acceptors (Lipinski definition) is 8. The van der Waals surface area contributed by atoms with Gasteiger partial charge in [-0.15, -0.1) is 0 Å². The molecule has 0 bridgehead atoms. The minimum Gasteiger partial charge on any atom is -0.460 e. The molecule has 2 heterocycles. The number of amides is 2. The van der Waals surface area contributed by atoms with Crippen molar-refractivity contribution in [2.75, 3.05) is 30.9 Å². The lowest BCUT2D eigenvalue weighted by Crippen LogP contribution is -2.30. The van der Waals surface area contributed by atoms with Gasteiger partial charge in [0.2, 0.25) is 0 Å². The van der Waals surface area contributed by atoms with Crippen LogP contribution < -0.4 is 15.5 Å². The second kappa shape index (κ2) is 12.4. The van der Waals surface area contributed by atoms with Crippen LogP contribution >= 0.6 is 23.2 Å². The van der Waals surface area contributed by atoms with Gasteiger partial charge in [0.25, 0.3) is 5.91 Å². The number of benzene rings is 1. The molecule has 0 atom stereocenters. The van der Waals surface area contributed by atoms with Crippen LogP contribution in [-0.4, -0.2) is 53.4 Å². The van der Waals surface area contributed by atoms with Crippen molar-refractivity contribution in [3.63, 3.8) is 0 Å². The number of aromatic nitrogens is 3. The number of halogens is 4. The predicted molar refractivity (Wildman–Crippen MR) is 129 cm³/mol. The van der Waals surface area contributed by atoms with Crippen molar-refractivity contribution in [2.45, 2.75) is 13.3 Å². The lowest BCUT2D eigenvalue weighted by Gasteiger charge is -2.19. The summed E-state index contributed by atoms with van der Waals surface area (Å²) in [6.45, 7) is -0.659. The first-order valence-corrected chi connectivity index (χ1v) is 11.2. The van der Waals surface area contributed by atoms with Gasteiger partial charge in [0.1, 0.15) is 34.2 Å². The van der Waals surface area contributed by atoms with E-state index in [0.717, 1.165) is 21.7 Å². The van der Waals surface area contributed by atoms with Crippen LogP contribution in [0.1, 0.15) is 16.1 Å². The molecule has 0 saturated carbocycles. The lowest BCUT2D eigenvalue weighted by molar-refractivity contribution is -0.143. The molecule has 2 aromatic heterocycles. The first-order chi connectivity index (χ1) is 17.6. The molecule has 0 unspecified atom stereocenters. The summed E-state index contributed by atoms with van der Waals surface area (Å²) in [5, 5.41) is 8.29. The fourth-order valence-corrected chi connectivity index (χ4v) is 3.32. The first-order valence-electron chi connectivity index (χ1n) is 10.4. The molecule has 0 saturated heterocycles. The van der Waals surface area contributed by atoms with Gasteiger partial charge in [-0.3, -0.25) is 14.5 Å². The van der Waals surface area contributed by atoms with E-state index in [9.17, 15) is 23.2 Å². The fraction of sp³-hybridized carbons (Fsp3) is 0.227. The number of carbonyl (C=O) groups excluding carboxylic acids is 3. The van der Waals surface area contributed by atoms with Gasteiger partial charge in [-0.2, -0.15) is 5.10 Å². The number of anilines is 2. The highest BCUT2D eigenvalue weighted by atomic mass is 35.5. The van der Waals surface area contributed by atoms with E-state index in [4.69, 9.17) is 32.7 Å². The number of nitrogens with zero attached hydrogens (tertiary/aromatic N) is 4. The summed E-state index contributed by atoms with van der Waals surface area (Å²) in [6, 6.07) is 5.82. The number of ether oxygens (including phenoxy) is 2. The Kier molecular flexibility index (Phi) is 9.33. The van der Waals surface area contributed by atoms with E-state index in [1.807, 2.05) is 0 Å². The number of hydrogen-bond donors (Lipinski definition) is 2. The van der Waals surface area contributed by atoms with Gasteiger partial charge in [0, 0.05) is 24.9 Å². The summed E-state index contributed by atoms with van der Waals surface area (Å²) in [4.78, 5) is 42.0. The lowest BCUT2D eigenvalue weighted by atomic mass is 10.2. The zero-order valence-corrected chi connectivity index (χ0v) is 20.9. The number of esters is 1. The van der Waals surface area contributed by atoms with Gasteiger partial charge in [-0.25, -0.2) is 23.2 Å². The van der Waals surface area contributed by atoms with Gasteiger partial charge in [-0.05, 0) is 25.2 Å². The normalized spacial score (nSPS) is 10.6. The molecule has 1 aromatic carbocycles. The minimum absolute atomic E-state index is 0.0134. The van der Waals surface area contributed by atoms with Crippen molar-refractivity contribution < 1.29 is 32.6 Å². The highest BCUT2D eigenvalue weighted by Crippen LogP contribution is 2.27. The second-order valence-electron chi connectivity index (χ2n) is 7.31. The largest absolute Gasteiger partial charge is 0.460 e. The van der Waals surface area contributed by atoms with E-state index in [0.29, 0.717) is 11.6 Å². The maximum Gasteiger partial charge on any atom is 0.417 e. The zero-order valence-electron chi connectivity index (χ0n) is 19.4. The van der Waals surface area contributed by atoms with Crippen molar-refractivity contribution in [1.82, 2.24) is 20.1 Å². The van der Waals surface area contributed by atoms with Crippen LogP contribution in [0, 0.1) is 11.6 Å². The van der Waals surface area contributed by atoms with E-state index in [-0.39, 0.29) is 40.5 Å². The molecule has 0 spiro atoms. The van der Waals surface area contributed by atoms with Crippen LogP contribution in [0.5, 0.6) is 0 Å². The predicted octanol–water partition coefficient (Wildman–Crippen LogP) is 3.61. The third-order valence-corrected chi connectivity index (χ3v) is 5.55. The Labute approximate surface area is 219 Å². The summed E-state index contributed by atoms with van der Waals surface area (Å²) >= 11 is 12.2. The number of pyridine rings is 1. The fourth-order valence-electron chi connectivity index (χ4n) is 2.92. The van der Waals surface area contributed by atoms with Crippen LogP contribution in [0.2, 0.25) is 10.2 Å². The number of likely N-dealkylation sites (N-methyl/N-ethyl adjacent to an activating group) is 1. The van der Waals surface area contributed by atoms with Gasteiger partial charge in [0.05, 0.1) is 12.2 Å². The molecule has 2 amide bonds. The van der Waals surface area contributed by atoms with Gasteiger partial charge >= 0.3 is 12.1 Å². The molecule has 37 heavy (non-hydrogen) atoms. The summed E-state index contributed by atoms with van der Waals surface area (Å²) < 4.78 is 38.2. The topological polar surface area (TPSA) is 128 Å². The van der Waals surface area contributed by atoms with Crippen molar-refractivity contribution in [2.24, 2.45) is 0 Å². The molecular formula is C22H20Cl2F2N6O5. The molecule has 3 rings (SSSR count). The van der Waals surface area contributed by atoms with E-state index >= 15 is 0 Å². The van der Waals surface area contributed by atoms with Crippen LogP contribution in [0.15, 0.2) is 36.5 Å². The van der Waals surface area contributed by atoms with E-state index in [2.05, 4.69) is 20.7 Å². The maximum absolute atomic E-state index is 13.9. The average molecular weight is 557 g/mol. The van der Waals surface area contributed by atoms with E-state index < -0.39 is 36.3 Å². The van der Waals surface area contributed by atoms with Crippen molar-refractivity contribution in [3.05, 3.63) is 69.6 Å². The highest BCUT2D eigenvalue weighted by molar-refractivity contribution is 6.43. The van der Waals surface area contributed by atoms with Crippen LogP contribution in [0.3, 0.4) is 0 Å². The standard InChI is InChI=1S/C22H20Cl2F2N6O5/c1-27-9-16(33)36-10-12-4-3-7-28-20(12)31(2)22(35)37-11-32-19(24)17(23)18(30-32)21(34)29-15-6-5-13(25)8-14(15)26/h3-8,27H,9-11H2,1-2H3,(H,29,34). The summed E-state index contributed by atoms with van der Waals surface area (Å²) in [6.07, 6.45) is 0.570. The Morgan fingerprint density at radius 3 is 2.62 bits per heavy atom. The summed E-state index contributed by atoms with van der Waals surface area (Å²) in [5.41, 5.74) is -0.238.